The Kier molecular flexibility index (Phi) is 14.7. The van der Waals surface area contributed by atoms with Crippen molar-refractivity contribution in [2.75, 3.05) is 11.4 Å². The van der Waals surface area contributed by atoms with Gasteiger partial charge in [-0.1, -0.05) is 66.8 Å². The van der Waals surface area contributed by atoms with E-state index in [1.807, 2.05) is 62.4 Å². The van der Waals surface area contributed by atoms with Crippen LogP contribution in [0.15, 0.2) is 103 Å². The largest absolute Gasteiger partial charge is 0.573 e. The zero-order valence-corrected chi connectivity index (χ0v) is 24.5. The zero-order chi connectivity index (χ0) is 32.7. The molecule has 234 valence electrons. The molecule has 1 fully saturated rings. The molecule has 0 saturated carbocycles. The Labute approximate surface area is 248 Å². The molecule has 1 aliphatic rings. The fraction of sp³-hybridized carbons (Fsp3) is 0.312. The van der Waals surface area contributed by atoms with E-state index in [0.29, 0.717) is 24.2 Å². The highest BCUT2D eigenvalue weighted by atomic mass is 19.4. The summed E-state index contributed by atoms with van der Waals surface area (Å²) in [6, 6.07) is 19.6. The Morgan fingerprint density at radius 3 is 1.79 bits per heavy atom. The molecule has 2 heterocycles. The number of hydrogen-bond donors (Lipinski definition) is 1. The number of carbonyl (C=O) groups excluding carboxylic acids is 1. The van der Waals surface area contributed by atoms with E-state index in [1.54, 1.807) is 18.7 Å². The van der Waals surface area contributed by atoms with E-state index in [1.165, 1.54) is 35.9 Å². The number of amides is 1. The third-order valence-electron chi connectivity index (χ3n) is 5.70. The summed E-state index contributed by atoms with van der Waals surface area (Å²) in [5.74, 6) is -0.289. The van der Waals surface area contributed by atoms with Gasteiger partial charge in [0, 0.05) is 30.4 Å². The lowest BCUT2D eigenvalue weighted by atomic mass is 9.97. The van der Waals surface area contributed by atoms with Gasteiger partial charge in [0.05, 0.1) is 0 Å². The van der Waals surface area contributed by atoms with Crippen molar-refractivity contribution in [3.63, 3.8) is 0 Å². The van der Waals surface area contributed by atoms with Gasteiger partial charge in [-0.25, -0.2) is 0 Å². The topological polar surface area (TPSA) is 68.5 Å². The van der Waals surface area contributed by atoms with Gasteiger partial charge in [-0.2, -0.15) is 13.2 Å². The molecule has 3 aromatic rings. The van der Waals surface area contributed by atoms with Crippen LogP contribution in [0.3, 0.4) is 0 Å². The van der Waals surface area contributed by atoms with Crippen molar-refractivity contribution in [3.8, 4) is 5.75 Å². The van der Waals surface area contributed by atoms with Crippen molar-refractivity contribution in [1.29, 1.82) is 0 Å². The van der Waals surface area contributed by atoms with Crippen molar-refractivity contribution in [3.05, 3.63) is 115 Å². The van der Waals surface area contributed by atoms with Crippen LogP contribution in [0.1, 0.15) is 51.8 Å². The van der Waals surface area contributed by atoms with Gasteiger partial charge >= 0.3 is 12.5 Å². The van der Waals surface area contributed by atoms with Crippen LogP contribution in [0.2, 0.25) is 0 Å². The number of carbonyl (C=O) groups is 1. The number of hydrogen-bond acceptors (Lipinski definition) is 4. The molecule has 1 saturated heterocycles. The van der Waals surface area contributed by atoms with Crippen LogP contribution in [0.5, 0.6) is 5.75 Å². The van der Waals surface area contributed by atoms with Crippen LogP contribution < -0.4 is 15.4 Å². The Morgan fingerprint density at radius 2 is 1.49 bits per heavy atom. The molecule has 2 aromatic carbocycles. The maximum Gasteiger partial charge on any atom is 0.573 e. The molecule has 4 rings (SSSR count). The summed E-state index contributed by atoms with van der Waals surface area (Å²) in [6.45, 7) is 11.6. The molecule has 0 radical (unpaired) electrons. The van der Waals surface area contributed by atoms with Gasteiger partial charge in [0.1, 0.15) is 11.4 Å². The molecule has 0 spiro atoms. The number of nitrogens with two attached hydrogens (primary N) is 1. The molecular formula is C32H37F6N3O2. The summed E-state index contributed by atoms with van der Waals surface area (Å²) in [7, 11) is 0. The van der Waals surface area contributed by atoms with E-state index in [9.17, 15) is 31.1 Å². The molecule has 1 aliphatic heterocycles. The average Bonchev–Trinajstić information content (AvgIpc) is 3.39. The van der Waals surface area contributed by atoms with Crippen LogP contribution in [-0.2, 0) is 16.5 Å². The van der Waals surface area contributed by atoms with Gasteiger partial charge in [0.2, 0.25) is 5.91 Å². The van der Waals surface area contributed by atoms with Crippen LogP contribution in [0.4, 0.5) is 32.0 Å². The highest BCUT2D eigenvalue weighted by molar-refractivity contribution is 5.95. The van der Waals surface area contributed by atoms with Crippen molar-refractivity contribution < 1.29 is 35.9 Å². The minimum Gasteiger partial charge on any atom is -0.406 e. The van der Waals surface area contributed by atoms with Crippen molar-refractivity contribution >= 4 is 11.6 Å². The van der Waals surface area contributed by atoms with Gasteiger partial charge in [-0.05, 0) is 70.0 Å². The number of allylic oxidation sites excluding steroid dienone is 3. The van der Waals surface area contributed by atoms with Crippen LogP contribution in [0.25, 0.3) is 0 Å². The lowest BCUT2D eigenvalue weighted by Gasteiger charge is -2.18. The third-order valence-corrected chi connectivity index (χ3v) is 5.70. The molecule has 11 heteroatoms. The Bertz CT molecular complexity index is 1210. The number of halogens is 6. The summed E-state index contributed by atoms with van der Waals surface area (Å²) in [5.41, 5.74) is 6.53. The number of nitrogens with zero attached hydrogens (tertiary/aromatic N) is 2. The van der Waals surface area contributed by atoms with Crippen molar-refractivity contribution in [2.24, 2.45) is 5.73 Å². The SMILES string of the molecule is C=C/C(C)=C\C.CC(C)(N)c1ccc(C(F)(F)F)nc1.O=C1CCCN1c1ccc(OC(F)(F)F)cc1.c1ccccc1. The van der Waals surface area contributed by atoms with E-state index < -0.39 is 23.8 Å². The summed E-state index contributed by atoms with van der Waals surface area (Å²) in [5, 5.41) is 0. The quantitative estimate of drug-likeness (QED) is 0.237. The van der Waals surface area contributed by atoms with Crippen LogP contribution in [-0.4, -0.2) is 23.8 Å². The van der Waals surface area contributed by atoms with Gasteiger partial charge in [-0.3, -0.25) is 9.78 Å². The molecular weight excluding hydrogens is 572 g/mol. The van der Waals surface area contributed by atoms with Gasteiger partial charge < -0.3 is 15.4 Å². The number of alkyl halides is 6. The predicted molar refractivity (Wildman–Crippen MR) is 157 cm³/mol. The zero-order valence-electron chi connectivity index (χ0n) is 24.5. The van der Waals surface area contributed by atoms with Crippen molar-refractivity contribution in [1.82, 2.24) is 4.98 Å². The number of ether oxygens (including phenoxy) is 1. The fourth-order valence-electron chi connectivity index (χ4n) is 3.19. The Hall–Kier alpha value is -4.12. The molecule has 0 unspecified atom stereocenters. The van der Waals surface area contributed by atoms with E-state index in [0.717, 1.165) is 18.7 Å². The number of aromatic nitrogens is 1. The highest BCUT2D eigenvalue weighted by Gasteiger charge is 2.33. The molecule has 0 bridgehead atoms. The monoisotopic (exact) mass is 609 g/mol. The van der Waals surface area contributed by atoms with Crippen LogP contribution >= 0.6 is 0 Å². The molecule has 2 N–H and O–H groups in total. The first-order valence-corrected chi connectivity index (χ1v) is 13.2. The third kappa shape index (κ3) is 15.1. The second kappa shape index (κ2) is 17.1. The maximum atomic E-state index is 12.1. The molecule has 1 amide bonds. The predicted octanol–water partition coefficient (Wildman–Crippen LogP) is 8.83. The molecule has 1 aromatic heterocycles. The molecule has 0 aliphatic carbocycles. The molecule has 43 heavy (non-hydrogen) atoms. The molecule has 5 nitrogen and oxygen atoms in total. The summed E-state index contributed by atoms with van der Waals surface area (Å²) in [6.07, 6.45) is -2.81. The van der Waals surface area contributed by atoms with Gasteiger partial charge in [-0.15, -0.1) is 13.2 Å². The first kappa shape index (κ1) is 36.9. The number of anilines is 1. The standard InChI is InChI=1S/C11H10F3NO2.C9H11F3N2.C6H6.C6H10/c12-11(13,14)17-9-5-3-8(4-6-9)15-7-1-2-10(15)16;1-8(2,13)6-3-4-7(14-5-6)9(10,11)12;1-2-4-6-5-3-1;1-4-6(3)5-2/h3-6H,1-2,7H2;3-5H,13H2,1-2H3;1-6H;4-5H,1H2,2-3H3/b;;;6-5-. The van der Waals surface area contributed by atoms with E-state index in [-0.39, 0.29) is 11.7 Å². The smallest absolute Gasteiger partial charge is 0.406 e. The van der Waals surface area contributed by atoms with E-state index in [4.69, 9.17) is 5.73 Å². The highest BCUT2D eigenvalue weighted by Crippen LogP contribution is 2.29. The van der Waals surface area contributed by atoms with E-state index >= 15 is 0 Å². The molecule has 0 atom stereocenters. The number of pyridine rings is 1. The van der Waals surface area contributed by atoms with Gasteiger partial charge in [0.15, 0.2) is 0 Å². The number of benzene rings is 2. The summed E-state index contributed by atoms with van der Waals surface area (Å²) >= 11 is 0. The number of rotatable bonds is 4. The summed E-state index contributed by atoms with van der Waals surface area (Å²) in [4.78, 5) is 16.3. The van der Waals surface area contributed by atoms with Gasteiger partial charge in [0.25, 0.3) is 0 Å². The Morgan fingerprint density at radius 1 is 0.953 bits per heavy atom. The lowest BCUT2D eigenvalue weighted by Crippen LogP contribution is -2.29. The van der Waals surface area contributed by atoms with Crippen LogP contribution in [0, 0.1) is 0 Å². The minimum absolute atomic E-state index is 0.00510. The first-order chi connectivity index (χ1) is 20.0. The lowest BCUT2D eigenvalue weighted by molar-refractivity contribution is -0.274. The van der Waals surface area contributed by atoms with E-state index in [2.05, 4.69) is 16.3 Å². The minimum atomic E-state index is -4.69. The first-order valence-electron chi connectivity index (χ1n) is 13.2. The maximum absolute atomic E-state index is 12.1. The second-order valence-corrected chi connectivity index (χ2v) is 9.73. The normalized spacial score (nSPS) is 13.4. The average molecular weight is 610 g/mol. The second-order valence-electron chi connectivity index (χ2n) is 9.73. The Balaban J connectivity index is 0.000000317. The van der Waals surface area contributed by atoms with Crippen molar-refractivity contribution in [2.45, 2.75) is 58.6 Å². The fourth-order valence-corrected chi connectivity index (χ4v) is 3.19. The summed E-state index contributed by atoms with van der Waals surface area (Å²) < 4.78 is 75.9.